The molecule has 0 saturated heterocycles. The molecular formula is C14H22O2. The van der Waals surface area contributed by atoms with Gasteiger partial charge in [0.25, 0.3) is 0 Å². The summed E-state index contributed by atoms with van der Waals surface area (Å²) in [5.41, 5.74) is 0. The molecule has 2 heteroatoms. The molecule has 2 nitrogen and oxygen atoms in total. The van der Waals surface area contributed by atoms with E-state index in [1.54, 1.807) is 0 Å². The van der Waals surface area contributed by atoms with Crippen molar-refractivity contribution in [3.05, 3.63) is 23.7 Å². The summed E-state index contributed by atoms with van der Waals surface area (Å²) >= 11 is 0. The molecule has 0 aliphatic heterocycles. The molecule has 0 aromatic carbocycles. The summed E-state index contributed by atoms with van der Waals surface area (Å²) < 4.78 is 5.52. The van der Waals surface area contributed by atoms with E-state index in [4.69, 9.17) is 4.42 Å². The van der Waals surface area contributed by atoms with E-state index in [2.05, 4.69) is 6.92 Å². The molecule has 1 aliphatic carbocycles. The van der Waals surface area contributed by atoms with Crippen molar-refractivity contribution < 1.29 is 9.52 Å². The second-order valence-corrected chi connectivity index (χ2v) is 5.09. The maximum Gasteiger partial charge on any atom is 0.132 e. The molecule has 1 aliphatic rings. The maximum absolute atomic E-state index is 10.3. The SMILES string of the molecule is CCC1CCCC(C(O)c2ccc(C)o2)C1. The molecular weight excluding hydrogens is 200 g/mol. The highest BCUT2D eigenvalue weighted by Crippen LogP contribution is 2.38. The summed E-state index contributed by atoms with van der Waals surface area (Å²) in [6, 6.07) is 3.84. The normalized spacial score (nSPS) is 27.9. The van der Waals surface area contributed by atoms with E-state index in [0.717, 1.165) is 30.3 Å². The number of aliphatic hydroxyl groups excluding tert-OH is 1. The van der Waals surface area contributed by atoms with Crippen LogP contribution in [0.3, 0.4) is 0 Å². The van der Waals surface area contributed by atoms with Crippen molar-refractivity contribution in [1.29, 1.82) is 0 Å². The Labute approximate surface area is 97.7 Å². The highest BCUT2D eigenvalue weighted by atomic mass is 16.4. The van der Waals surface area contributed by atoms with Crippen molar-refractivity contribution in [2.45, 2.75) is 52.1 Å². The fraction of sp³-hybridized carbons (Fsp3) is 0.714. The van der Waals surface area contributed by atoms with Crippen molar-refractivity contribution in [3.8, 4) is 0 Å². The third-order valence-electron chi connectivity index (χ3n) is 3.90. The first-order valence-electron chi connectivity index (χ1n) is 6.45. The fourth-order valence-electron chi connectivity index (χ4n) is 2.83. The van der Waals surface area contributed by atoms with Gasteiger partial charge >= 0.3 is 0 Å². The molecule has 1 N–H and O–H groups in total. The molecule has 0 bridgehead atoms. The molecule has 1 aromatic heterocycles. The molecule has 3 unspecified atom stereocenters. The second kappa shape index (κ2) is 5.05. The van der Waals surface area contributed by atoms with Crippen LogP contribution in [0.4, 0.5) is 0 Å². The van der Waals surface area contributed by atoms with Crippen LogP contribution in [0.25, 0.3) is 0 Å². The van der Waals surface area contributed by atoms with Gasteiger partial charge in [0.15, 0.2) is 0 Å². The van der Waals surface area contributed by atoms with Gasteiger partial charge in [-0.25, -0.2) is 0 Å². The smallest absolute Gasteiger partial charge is 0.132 e. The third-order valence-corrected chi connectivity index (χ3v) is 3.90. The summed E-state index contributed by atoms with van der Waals surface area (Å²) in [6.07, 6.45) is 5.70. The minimum Gasteiger partial charge on any atom is -0.464 e. The lowest BCUT2D eigenvalue weighted by atomic mass is 9.77. The summed E-state index contributed by atoms with van der Waals surface area (Å²) in [4.78, 5) is 0. The van der Waals surface area contributed by atoms with Gasteiger partial charge in [-0.05, 0) is 43.7 Å². The third kappa shape index (κ3) is 2.49. The molecule has 1 heterocycles. The van der Waals surface area contributed by atoms with Crippen LogP contribution in [0, 0.1) is 18.8 Å². The molecule has 1 saturated carbocycles. The Morgan fingerprint density at radius 2 is 2.25 bits per heavy atom. The van der Waals surface area contributed by atoms with Crippen molar-refractivity contribution in [1.82, 2.24) is 0 Å². The molecule has 1 aromatic rings. The molecule has 2 rings (SSSR count). The van der Waals surface area contributed by atoms with Crippen LogP contribution in [0.2, 0.25) is 0 Å². The van der Waals surface area contributed by atoms with Crippen LogP contribution in [0.15, 0.2) is 16.5 Å². The largest absolute Gasteiger partial charge is 0.464 e. The van der Waals surface area contributed by atoms with Crippen LogP contribution in [0.1, 0.15) is 56.7 Å². The Balaban J connectivity index is 2.01. The van der Waals surface area contributed by atoms with Crippen molar-refractivity contribution in [2.24, 2.45) is 11.8 Å². The first-order chi connectivity index (χ1) is 7.70. The summed E-state index contributed by atoms with van der Waals surface area (Å²) in [6.45, 7) is 4.17. The Bertz CT molecular complexity index is 329. The predicted molar refractivity (Wildman–Crippen MR) is 64.1 cm³/mol. The van der Waals surface area contributed by atoms with Gasteiger partial charge in [-0.15, -0.1) is 0 Å². The van der Waals surface area contributed by atoms with Crippen LogP contribution in [0.5, 0.6) is 0 Å². The number of aliphatic hydroxyl groups is 1. The second-order valence-electron chi connectivity index (χ2n) is 5.09. The monoisotopic (exact) mass is 222 g/mol. The number of hydrogen-bond acceptors (Lipinski definition) is 2. The van der Waals surface area contributed by atoms with E-state index in [0.29, 0.717) is 5.92 Å². The molecule has 1 fully saturated rings. The zero-order chi connectivity index (χ0) is 11.5. The molecule has 0 spiro atoms. The Morgan fingerprint density at radius 3 is 2.88 bits per heavy atom. The molecule has 16 heavy (non-hydrogen) atoms. The zero-order valence-corrected chi connectivity index (χ0v) is 10.3. The van der Waals surface area contributed by atoms with Gasteiger partial charge in [-0.2, -0.15) is 0 Å². The van der Waals surface area contributed by atoms with Crippen molar-refractivity contribution in [3.63, 3.8) is 0 Å². The topological polar surface area (TPSA) is 33.4 Å². The first-order valence-corrected chi connectivity index (χ1v) is 6.45. The van der Waals surface area contributed by atoms with Crippen LogP contribution < -0.4 is 0 Å². The van der Waals surface area contributed by atoms with Gasteiger partial charge in [-0.1, -0.05) is 26.2 Å². The van der Waals surface area contributed by atoms with Crippen LogP contribution in [-0.2, 0) is 0 Å². The van der Waals surface area contributed by atoms with Gasteiger partial charge in [0.05, 0.1) is 0 Å². The van der Waals surface area contributed by atoms with E-state index in [9.17, 15) is 5.11 Å². The van der Waals surface area contributed by atoms with Gasteiger partial charge in [0.2, 0.25) is 0 Å². The van der Waals surface area contributed by atoms with Gasteiger partial charge in [0, 0.05) is 0 Å². The Morgan fingerprint density at radius 1 is 1.44 bits per heavy atom. The Hall–Kier alpha value is -0.760. The van der Waals surface area contributed by atoms with Crippen molar-refractivity contribution >= 4 is 0 Å². The molecule has 3 atom stereocenters. The summed E-state index contributed by atoms with van der Waals surface area (Å²) in [5, 5.41) is 10.3. The predicted octanol–water partition coefficient (Wildman–Crippen LogP) is 3.84. The van der Waals surface area contributed by atoms with Crippen molar-refractivity contribution in [2.75, 3.05) is 0 Å². The highest BCUT2D eigenvalue weighted by molar-refractivity contribution is 5.09. The lowest BCUT2D eigenvalue weighted by Crippen LogP contribution is -2.21. The minimum atomic E-state index is -0.400. The van der Waals surface area contributed by atoms with Gasteiger partial charge in [0.1, 0.15) is 17.6 Å². The molecule has 0 radical (unpaired) electrons. The summed E-state index contributed by atoms with van der Waals surface area (Å²) in [7, 11) is 0. The average molecular weight is 222 g/mol. The number of hydrogen-bond donors (Lipinski definition) is 1. The number of rotatable bonds is 3. The summed E-state index contributed by atoms with van der Waals surface area (Å²) in [5.74, 6) is 2.82. The van der Waals surface area contributed by atoms with E-state index in [-0.39, 0.29) is 0 Å². The van der Waals surface area contributed by atoms with Gasteiger partial charge in [-0.3, -0.25) is 0 Å². The minimum absolute atomic E-state index is 0.393. The maximum atomic E-state index is 10.3. The van der Waals surface area contributed by atoms with Gasteiger partial charge < -0.3 is 9.52 Å². The zero-order valence-electron chi connectivity index (χ0n) is 10.3. The van der Waals surface area contributed by atoms with E-state index >= 15 is 0 Å². The standard InChI is InChI=1S/C14H22O2/c1-3-11-5-4-6-12(9-11)14(15)13-8-7-10(2)16-13/h7-8,11-12,14-15H,3-6,9H2,1-2H3. The first kappa shape index (κ1) is 11.7. The van der Waals surface area contributed by atoms with E-state index < -0.39 is 6.10 Å². The molecule has 90 valence electrons. The lowest BCUT2D eigenvalue weighted by molar-refractivity contribution is 0.0501. The number of aryl methyl sites for hydroxylation is 1. The lowest BCUT2D eigenvalue weighted by Gasteiger charge is -2.30. The fourth-order valence-corrected chi connectivity index (χ4v) is 2.83. The molecule has 0 amide bonds. The van der Waals surface area contributed by atoms with Crippen LogP contribution >= 0.6 is 0 Å². The average Bonchev–Trinajstić information content (AvgIpc) is 2.75. The quantitative estimate of drug-likeness (QED) is 0.843. The van der Waals surface area contributed by atoms with E-state index in [1.165, 1.54) is 19.3 Å². The Kier molecular flexibility index (Phi) is 3.70. The highest BCUT2D eigenvalue weighted by Gasteiger charge is 2.28. The number of furan rings is 1. The van der Waals surface area contributed by atoms with Crippen LogP contribution in [-0.4, -0.2) is 5.11 Å². The van der Waals surface area contributed by atoms with E-state index in [1.807, 2.05) is 19.1 Å².